The number of carbonyl (C=O) groups is 2. The van der Waals surface area contributed by atoms with Crippen LogP contribution in [0.5, 0.6) is 5.75 Å². The number of rotatable bonds is 6. The first-order valence-corrected chi connectivity index (χ1v) is 7.07. The van der Waals surface area contributed by atoms with Gasteiger partial charge in [-0.2, -0.15) is 0 Å². The molecule has 0 spiro atoms. The molecule has 1 aliphatic heterocycles. The number of unbranched alkanes of at least 4 members (excludes halogenated alkanes) is 1. The lowest BCUT2D eigenvalue weighted by Gasteiger charge is -2.16. The fraction of sp³-hybridized carbons (Fsp3) is 0.375. The molecule has 1 aromatic rings. The molecular weight excluding hydrogens is 270 g/mol. The molecule has 5 heteroatoms. The minimum absolute atomic E-state index is 0.160. The highest BCUT2D eigenvalue weighted by Crippen LogP contribution is 2.25. The van der Waals surface area contributed by atoms with Crippen molar-refractivity contribution in [2.75, 3.05) is 19.8 Å². The van der Waals surface area contributed by atoms with E-state index in [1.807, 2.05) is 31.2 Å². The molecule has 1 aromatic carbocycles. The number of carbonyl (C=O) groups excluding carboxylic acids is 2. The smallest absolute Gasteiger partial charge is 0.338 e. The molecule has 1 aliphatic rings. The van der Waals surface area contributed by atoms with E-state index >= 15 is 0 Å². The van der Waals surface area contributed by atoms with Gasteiger partial charge in [-0.15, -0.1) is 0 Å². The fourth-order valence-electron chi connectivity index (χ4n) is 1.91. The maximum absolute atomic E-state index is 11.9. The van der Waals surface area contributed by atoms with E-state index in [0.717, 1.165) is 24.2 Å². The Morgan fingerprint density at radius 2 is 2.14 bits per heavy atom. The van der Waals surface area contributed by atoms with Crippen molar-refractivity contribution in [1.29, 1.82) is 0 Å². The normalized spacial score (nSPS) is 12.7. The molecule has 1 N–H and O–H groups in total. The number of para-hydroxylation sites is 1. The van der Waals surface area contributed by atoms with E-state index < -0.39 is 5.97 Å². The maximum Gasteiger partial charge on any atom is 0.338 e. The van der Waals surface area contributed by atoms with Crippen LogP contribution in [0, 0.1) is 0 Å². The predicted octanol–water partition coefficient (Wildman–Crippen LogP) is 1.92. The van der Waals surface area contributed by atoms with Gasteiger partial charge in [0.05, 0.1) is 5.57 Å². The van der Waals surface area contributed by atoms with Gasteiger partial charge in [-0.25, -0.2) is 4.79 Å². The van der Waals surface area contributed by atoms with Crippen molar-refractivity contribution in [3.63, 3.8) is 0 Å². The summed E-state index contributed by atoms with van der Waals surface area (Å²) < 4.78 is 10.5. The van der Waals surface area contributed by atoms with Crippen molar-refractivity contribution in [1.82, 2.24) is 5.32 Å². The Morgan fingerprint density at radius 1 is 1.33 bits per heavy atom. The number of hydrogen-bond acceptors (Lipinski definition) is 4. The maximum atomic E-state index is 11.9. The van der Waals surface area contributed by atoms with E-state index in [1.165, 1.54) is 0 Å². The second kappa shape index (κ2) is 7.47. The zero-order chi connectivity index (χ0) is 15.1. The summed E-state index contributed by atoms with van der Waals surface area (Å²) >= 11 is 0. The highest BCUT2D eigenvalue weighted by atomic mass is 16.5. The Labute approximate surface area is 123 Å². The molecule has 2 rings (SSSR count). The summed E-state index contributed by atoms with van der Waals surface area (Å²) in [5, 5.41) is 2.69. The SMILES string of the molecule is CCCCNC(=O)COC(=O)C1=Cc2ccccc2OC1. The molecule has 0 unspecified atom stereocenters. The van der Waals surface area contributed by atoms with Crippen LogP contribution < -0.4 is 10.1 Å². The lowest BCUT2D eigenvalue weighted by Crippen LogP contribution is -2.30. The molecule has 1 heterocycles. The number of benzene rings is 1. The summed E-state index contributed by atoms with van der Waals surface area (Å²) in [6.45, 7) is 2.54. The van der Waals surface area contributed by atoms with Crippen molar-refractivity contribution in [2.45, 2.75) is 19.8 Å². The fourth-order valence-corrected chi connectivity index (χ4v) is 1.91. The topological polar surface area (TPSA) is 64.6 Å². The second-order valence-electron chi connectivity index (χ2n) is 4.78. The van der Waals surface area contributed by atoms with Crippen molar-refractivity contribution in [3.8, 4) is 5.75 Å². The minimum Gasteiger partial charge on any atom is -0.488 e. The summed E-state index contributed by atoms with van der Waals surface area (Å²) in [5.41, 5.74) is 1.25. The summed E-state index contributed by atoms with van der Waals surface area (Å²) in [6, 6.07) is 7.44. The molecule has 1 amide bonds. The molecule has 0 saturated carbocycles. The summed E-state index contributed by atoms with van der Waals surface area (Å²) in [7, 11) is 0. The second-order valence-corrected chi connectivity index (χ2v) is 4.78. The largest absolute Gasteiger partial charge is 0.488 e. The standard InChI is InChI=1S/C16H19NO4/c1-2-3-8-17-15(18)11-21-16(19)13-9-12-6-4-5-7-14(12)20-10-13/h4-7,9H,2-3,8,10-11H2,1H3,(H,17,18). The van der Waals surface area contributed by atoms with Gasteiger partial charge in [0.2, 0.25) is 0 Å². The Bertz CT molecular complexity index is 551. The van der Waals surface area contributed by atoms with Gasteiger partial charge in [0.15, 0.2) is 6.61 Å². The third-order valence-electron chi connectivity index (χ3n) is 3.08. The van der Waals surface area contributed by atoms with Crippen LogP contribution in [0.15, 0.2) is 29.8 Å². The third kappa shape index (κ3) is 4.34. The molecule has 0 atom stereocenters. The molecule has 0 radical (unpaired) electrons. The number of nitrogens with one attached hydrogen (secondary N) is 1. The zero-order valence-electron chi connectivity index (χ0n) is 12.1. The number of esters is 1. The van der Waals surface area contributed by atoms with Crippen LogP contribution in [0.4, 0.5) is 0 Å². The van der Waals surface area contributed by atoms with Gasteiger partial charge in [0, 0.05) is 12.1 Å². The lowest BCUT2D eigenvalue weighted by molar-refractivity contribution is -0.145. The molecule has 21 heavy (non-hydrogen) atoms. The van der Waals surface area contributed by atoms with Gasteiger partial charge in [0.1, 0.15) is 12.4 Å². The van der Waals surface area contributed by atoms with Gasteiger partial charge in [-0.3, -0.25) is 4.79 Å². The summed E-state index contributed by atoms with van der Waals surface area (Å²) in [5.74, 6) is -0.0592. The van der Waals surface area contributed by atoms with Crippen molar-refractivity contribution in [3.05, 3.63) is 35.4 Å². The van der Waals surface area contributed by atoms with E-state index in [0.29, 0.717) is 12.1 Å². The Morgan fingerprint density at radius 3 is 2.95 bits per heavy atom. The van der Waals surface area contributed by atoms with Crippen molar-refractivity contribution in [2.24, 2.45) is 0 Å². The molecule has 0 aromatic heterocycles. The molecular formula is C16H19NO4. The number of fused-ring (bicyclic) bond motifs is 1. The average Bonchev–Trinajstić information content (AvgIpc) is 2.52. The quantitative estimate of drug-likeness (QED) is 0.642. The van der Waals surface area contributed by atoms with Crippen LogP contribution in [0.1, 0.15) is 25.3 Å². The highest BCUT2D eigenvalue weighted by molar-refractivity contribution is 5.96. The van der Waals surface area contributed by atoms with Gasteiger partial charge in [-0.1, -0.05) is 31.5 Å². The first-order valence-electron chi connectivity index (χ1n) is 7.07. The molecule has 0 bridgehead atoms. The summed E-state index contributed by atoms with van der Waals surface area (Å²) in [6.07, 6.45) is 3.65. The number of ether oxygens (including phenoxy) is 2. The van der Waals surface area contributed by atoms with Crippen LogP contribution in [0.25, 0.3) is 6.08 Å². The summed E-state index contributed by atoms with van der Waals surface area (Å²) in [4.78, 5) is 23.4. The molecule has 0 aliphatic carbocycles. The predicted molar refractivity (Wildman–Crippen MR) is 78.8 cm³/mol. The first-order chi connectivity index (χ1) is 10.2. The van der Waals surface area contributed by atoms with E-state index in [9.17, 15) is 9.59 Å². The van der Waals surface area contributed by atoms with Crippen LogP contribution in [-0.2, 0) is 14.3 Å². The minimum atomic E-state index is -0.518. The van der Waals surface area contributed by atoms with Crippen LogP contribution >= 0.6 is 0 Å². The lowest BCUT2D eigenvalue weighted by atomic mass is 10.1. The zero-order valence-corrected chi connectivity index (χ0v) is 12.1. The number of hydrogen-bond donors (Lipinski definition) is 1. The third-order valence-corrected chi connectivity index (χ3v) is 3.08. The van der Waals surface area contributed by atoms with Crippen LogP contribution in [0.3, 0.4) is 0 Å². The van der Waals surface area contributed by atoms with Gasteiger partial charge >= 0.3 is 5.97 Å². The van der Waals surface area contributed by atoms with Crippen molar-refractivity contribution < 1.29 is 19.1 Å². The molecule has 0 fully saturated rings. The average molecular weight is 289 g/mol. The highest BCUT2D eigenvalue weighted by Gasteiger charge is 2.18. The van der Waals surface area contributed by atoms with E-state index in [4.69, 9.17) is 9.47 Å². The Kier molecular flexibility index (Phi) is 5.37. The van der Waals surface area contributed by atoms with E-state index in [2.05, 4.69) is 5.32 Å². The van der Waals surface area contributed by atoms with Crippen LogP contribution in [0.2, 0.25) is 0 Å². The monoisotopic (exact) mass is 289 g/mol. The van der Waals surface area contributed by atoms with Gasteiger partial charge < -0.3 is 14.8 Å². The van der Waals surface area contributed by atoms with Gasteiger partial charge in [-0.05, 0) is 18.6 Å². The molecule has 112 valence electrons. The molecule has 0 saturated heterocycles. The molecule has 5 nitrogen and oxygen atoms in total. The Hall–Kier alpha value is -2.30. The van der Waals surface area contributed by atoms with E-state index in [1.54, 1.807) is 6.08 Å². The van der Waals surface area contributed by atoms with Crippen LogP contribution in [-0.4, -0.2) is 31.6 Å². The van der Waals surface area contributed by atoms with E-state index in [-0.39, 0.29) is 19.1 Å². The number of amides is 1. The first kappa shape index (κ1) is 15.1. The van der Waals surface area contributed by atoms with Crippen molar-refractivity contribution >= 4 is 18.0 Å². The Balaban J connectivity index is 1.84. The van der Waals surface area contributed by atoms with Gasteiger partial charge in [0.25, 0.3) is 5.91 Å².